The van der Waals surface area contributed by atoms with E-state index in [2.05, 4.69) is 0 Å². The highest BCUT2D eigenvalue weighted by molar-refractivity contribution is 6.51. The Balaban J connectivity index is 1.92. The maximum Gasteiger partial charge on any atom is 0.300 e. The van der Waals surface area contributed by atoms with Gasteiger partial charge in [-0.2, -0.15) is 0 Å². The van der Waals surface area contributed by atoms with Crippen molar-refractivity contribution in [2.45, 2.75) is 13.0 Å². The molecule has 3 aromatic carbocycles. The second kappa shape index (κ2) is 8.77. The van der Waals surface area contributed by atoms with Crippen LogP contribution in [-0.4, -0.2) is 28.5 Å². The number of hydrogen-bond acceptors (Lipinski definition) is 5. The smallest absolute Gasteiger partial charge is 0.300 e. The zero-order valence-electron chi connectivity index (χ0n) is 17.2. The lowest BCUT2D eigenvalue weighted by molar-refractivity contribution is -0.132. The number of aliphatic hydroxyl groups is 1. The number of ether oxygens (including phenoxy) is 1. The topological polar surface area (TPSA) is 87.1 Å². The fraction of sp³-hybridized carbons (Fsp3) is 0.120. The number of amides is 1. The maximum absolute atomic E-state index is 13.1. The summed E-state index contributed by atoms with van der Waals surface area (Å²) < 4.78 is 5.49. The summed E-state index contributed by atoms with van der Waals surface area (Å²) in [5, 5.41) is 21.7. The third-order valence-corrected chi connectivity index (χ3v) is 5.41. The van der Waals surface area contributed by atoms with E-state index < -0.39 is 17.7 Å². The van der Waals surface area contributed by atoms with Crippen LogP contribution in [0.15, 0.2) is 78.4 Å². The second-order valence-electron chi connectivity index (χ2n) is 7.20. The van der Waals surface area contributed by atoms with E-state index in [0.29, 0.717) is 34.2 Å². The predicted octanol–water partition coefficient (Wildman–Crippen LogP) is 5.07. The molecule has 1 saturated heterocycles. The first kappa shape index (κ1) is 21.5. The average Bonchev–Trinajstić information content (AvgIpc) is 3.05. The summed E-state index contributed by atoms with van der Waals surface area (Å²) in [6.07, 6.45) is 0. The van der Waals surface area contributed by atoms with Crippen LogP contribution < -0.4 is 9.64 Å². The predicted molar refractivity (Wildman–Crippen MR) is 122 cm³/mol. The maximum atomic E-state index is 13.1. The zero-order chi connectivity index (χ0) is 22.8. The average molecular weight is 450 g/mol. The lowest BCUT2D eigenvalue weighted by atomic mass is 9.95. The van der Waals surface area contributed by atoms with Crippen molar-refractivity contribution < 1.29 is 24.5 Å². The number of nitrogens with zero attached hydrogens (tertiary/aromatic N) is 1. The molecular weight excluding hydrogens is 430 g/mol. The first-order chi connectivity index (χ1) is 15.4. The molecule has 162 valence electrons. The number of anilines is 1. The van der Waals surface area contributed by atoms with Crippen LogP contribution in [0.2, 0.25) is 5.02 Å². The number of phenols is 1. The van der Waals surface area contributed by atoms with Gasteiger partial charge in [0, 0.05) is 16.3 Å². The third-order valence-electron chi connectivity index (χ3n) is 5.15. The van der Waals surface area contributed by atoms with E-state index in [9.17, 15) is 19.8 Å². The van der Waals surface area contributed by atoms with Crippen LogP contribution >= 0.6 is 11.6 Å². The lowest BCUT2D eigenvalue weighted by Crippen LogP contribution is -2.29. The van der Waals surface area contributed by atoms with Gasteiger partial charge in [-0.25, -0.2) is 0 Å². The molecule has 7 heteroatoms. The van der Waals surface area contributed by atoms with Crippen molar-refractivity contribution in [3.63, 3.8) is 0 Å². The molecule has 1 amide bonds. The van der Waals surface area contributed by atoms with Crippen molar-refractivity contribution in [1.29, 1.82) is 0 Å². The van der Waals surface area contributed by atoms with Gasteiger partial charge in [-0.1, -0.05) is 35.9 Å². The zero-order valence-corrected chi connectivity index (χ0v) is 17.9. The van der Waals surface area contributed by atoms with Crippen molar-refractivity contribution in [1.82, 2.24) is 0 Å². The first-order valence-corrected chi connectivity index (χ1v) is 10.4. The van der Waals surface area contributed by atoms with Gasteiger partial charge < -0.3 is 14.9 Å². The number of benzene rings is 3. The van der Waals surface area contributed by atoms with Crippen LogP contribution in [-0.2, 0) is 9.59 Å². The Labute approximate surface area is 189 Å². The van der Waals surface area contributed by atoms with Gasteiger partial charge >= 0.3 is 0 Å². The molecule has 0 spiro atoms. The Hall–Kier alpha value is -3.77. The molecule has 0 aromatic heterocycles. The molecule has 1 unspecified atom stereocenters. The third kappa shape index (κ3) is 3.92. The van der Waals surface area contributed by atoms with E-state index >= 15 is 0 Å². The molecule has 1 heterocycles. The Morgan fingerprint density at radius 3 is 2.44 bits per heavy atom. The molecular formula is C25H20ClNO5. The van der Waals surface area contributed by atoms with Gasteiger partial charge in [0.1, 0.15) is 17.3 Å². The number of carbonyl (C=O) groups is 2. The summed E-state index contributed by atoms with van der Waals surface area (Å²) in [5.41, 5.74) is 1.17. The number of aliphatic hydroxyl groups excluding tert-OH is 1. The monoisotopic (exact) mass is 449 g/mol. The largest absolute Gasteiger partial charge is 0.508 e. The van der Waals surface area contributed by atoms with Crippen molar-refractivity contribution in [3.05, 3.63) is 94.5 Å². The highest BCUT2D eigenvalue weighted by Crippen LogP contribution is 2.43. The number of Topliss-reactive ketones (excluding diaryl/α,β-unsaturated/α-hetero) is 1. The van der Waals surface area contributed by atoms with E-state index in [1.165, 1.54) is 17.0 Å². The fourth-order valence-electron chi connectivity index (χ4n) is 3.77. The normalized spacial score (nSPS) is 17.6. The molecule has 4 rings (SSSR count). The number of aromatic hydroxyl groups is 1. The van der Waals surface area contributed by atoms with Gasteiger partial charge in [0.2, 0.25) is 0 Å². The Morgan fingerprint density at radius 1 is 1.03 bits per heavy atom. The Bertz CT molecular complexity index is 1220. The van der Waals surface area contributed by atoms with Crippen LogP contribution in [0.25, 0.3) is 5.76 Å². The van der Waals surface area contributed by atoms with Crippen LogP contribution in [0, 0.1) is 0 Å². The first-order valence-electron chi connectivity index (χ1n) is 9.99. The number of ketones is 1. The van der Waals surface area contributed by atoms with E-state index in [0.717, 1.165) is 0 Å². The van der Waals surface area contributed by atoms with Gasteiger partial charge in [0.15, 0.2) is 0 Å². The number of phenolic OH excluding ortho intramolecular Hbond substituents is 1. The molecule has 1 atom stereocenters. The van der Waals surface area contributed by atoms with Crippen molar-refractivity contribution in [3.8, 4) is 11.5 Å². The van der Waals surface area contributed by atoms with Crippen molar-refractivity contribution in [2.24, 2.45) is 0 Å². The van der Waals surface area contributed by atoms with Gasteiger partial charge in [0.05, 0.1) is 18.2 Å². The minimum absolute atomic E-state index is 0.0254. The molecule has 0 saturated carbocycles. The van der Waals surface area contributed by atoms with Gasteiger partial charge in [-0.05, 0) is 61.0 Å². The lowest BCUT2D eigenvalue weighted by Gasteiger charge is -2.25. The molecule has 1 aliphatic heterocycles. The molecule has 32 heavy (non-hydrogen) atoms. The molecule has 1 aliphatic rings. The minimum atomic E-state index is -0.945. The fourth-order valence-corrected chi connectivity index (χ4v) is 3.89. The quantitative estimate of drug-likeness (QED) is 0.322. The summed E-state index contributed by atoms with van der Waals surface area (Å²) in [5.74, 6) is -1.44. The summed E-state index contributed by atoms with van der Waals surface area (Å²) in [6.45, 7) is 2.28. The van der Waals surface area contributed by atoms with Crippen molar-refractivity contribution in [2.75, 3.05) is 11.5 Å². The number of rotatable bonds is 5. The molecule has 0 radical (unpaired) electrons. The molecule has 3 aromatic rings. The van der Waals surface area contributed by atoms with Gasteiger partial charge in [-0.15, -0.1) is 0 Å². The van der Waals surface area contributed by atoms with Crippen molar-refractivity contribution >= 4 is 34.7 Å². The van der Waals surface area contributed by atoms with E-state index in [4.69, 9.17) is 16.3 Å². The standard InChI is InChI=1S/C25H20ClNO5/c1-2-32-20-8-4-6-16(14-20)23(29)21-22(15-5-3-7-19(28)13-15)27(25(31)24(21)30)18-11-9-17(26)10-12-18/h3-14,22,28-29H,2H2,1H3/b23-21-. The molecule has 0 aliphatic carbocycles. The van der Waals surface area contributed by atoms with E-state index in [-0.39, 0.29) is 17.1 Å². The molecule has 1 fully saturated rings. The minimum Gasteiger partial charge on any atom is -0.508 e. The summed E-state index contributed by atoms with van der Waals surface area (Å²) in [6, 6.07) is 18.4. The molecule has 2 N–H and O–H groups in total. The van der Waals surface area contributed by atoms with Crippen LogP contribution in [0.3, 0.4) is 0 Å². The van der Waals surface area contributed by atoms with Gasteiger partial charge in [0.25, 0.3) is 11.7 Å². The number of carbonyl (C=O) groups excluding carboxylic acids is 2. The van der Waals surface area contributed by atoms with Gasteiger partial charge in [-0.3, -0.25) is 14.5 Å². The van der Waals surface area contributed by atoms with E-state index in [1.807, 2.05) is 6.92 Å². The van der Waals surface area contributed by atoms with Crippen LogP contribution in [0.5, 0.6) is 11.5 Å². The second-order valence-corrected chi connectivity index (χ2v) is 7.64. The van der Waals surface area contributed by atoms with Crippen LogP contribution in [0.4, 0.5) is 5.69 Å². The Kier molecular flexibility index (Phi) is 5.88. The highest BCUT2D eigenvalue weighted by Gasteiger charge is 2.47. The summed E-state index contributed by atoms with van der Waals surface area (Å²) in [7, 11) is 0. The SMILES string of the molecule is CCOc1cccc(/C(O)=C2/C(=O)C(=O)N(c3ccc(Cl)cc3)C2c2cccc(O)c2)c1. The molecule has 0 bridgehead atoms. The van der Waals surface area contributed by atoms with E-state index in [1.54, 1.807) is 60.7 Å². The summed E-state index contributed by atoms with van der Waals surface area (Å²) >= 11 is 5.99. The number of halogens is 1. The summed E-state index contributed by atoms with van der Waals surface area (Å²) in [4.78, 5) is 27.5. The highest BCUT2D eigenvalue weighted by atomic mass is 35.5. The van der Waals surface area contributed by atoms with Crippen LogP contribution in [0.1, 0.15) is 24.1 Å². The molecule has 6 nitrogen and oxygen atoms in total. The Morgan fingerprint density at radius 2 is 1.75 bits per heavy atom. The number of hydrogen-bond donors (Lipinski definition) is 2.